The molecule has 1 saturated carbocycles. The maximum atomic E-state index is 11.3. The Bertz CT molecular complexity index is 701. The molecule has 2 aromatic heterocycles. The summed E-state index contributed by atoms with van der Waals surface area (Å²) in [4.78, 5) is 22.0. The molecule has 7 nitrogen and oxygen atoms in total. The third-order valence-electron chi connectivity index (χ3n) is 4.15. The van der Waals surface area contributed by atoms with Gasteiger partial charge in [-0.3, -0.25) is 0 Å². The number of piperidine rings is 1. The summed E-state index contributed by atoms with van der Waals surface area (Å²) >= 11 is 0. The first-order valence-electron chi connectivity index (χ1n) is 7.48. The Morgan fingerprint density at radius 1 is 1.19 bits per heavy atom. The zero-order chi connectivity index (χ0) is 14.4. The summed E-state index contributed by atoms with van der Waals surface area (Å²) in [5, 5.41) is 13.8. The number of nitrogens with zero attached hydrogens (tertiary/aromatic N) is 5. The van der Waals surface area contributed by atoms with Crippen molar-refractivity contribution in [1.82, 2.24) is 19.6 Å². The summed E-state index contributed by atoms with van der Waals surface area (Å²) in [7, 11) is 0. The van der Waals surface area contributed by atoms with Crippen molar-refractivity contribution in [3.05, 3.63) is 17.6 Å². The predicted molar refractivity (Wildman–Crippen MR) is 75.8 cm³/mol. The van der Waals surface area contributed by atoms with E-state index in [0.29, 0.717) is 11.7 Å². The standard InChI is InChI=1S/C14H17N5O2/c20-13(21)10-8-11(18-6-2-1-3-7-18)19-14(15-10)16-12(17-19)9-4-5-9/h8-9H,1-7H2,(H,20,21). The van der Waals surface area contributed by atoms with Crippen molar-refractivity contribution in [2.75, 3.05) is 18.0 Å². The minimum absolute atomic E-state index is 0.0396. The van der Waals surface area contributed by atoms with Gasteiger partial charge in [0.25, 0.3) is 5.78 Å². The smallest absolute Gasteiger partial charge is 0.354 e. The van der Waals surface area contributed by atoms with Gasteiger partial charge >= 0.3 is 5.97 Å². The topological polar surface area (TPSA) is 83.6 Å². The molecule has 2 fully saturated rings. The van der Waals surface area contributed by atoms with Gasteiger partial charge in [0.2, 0.25) is 0 Å². The number of aromatic carboxylic acids is 1. The van der Waals surface area contributed by atoms with E-state index >= 15 is 0 Å². The number of rotatable bonds is 3. The second-order valence-electron chi connectivity index (χ2n) is 5.81. The molecule has 21 heavy (non-hydrogen) atoms. The number of carbonyl (C=O) groups is 1. The van der Waals surface area contributed by atoms with Crippen LogP contribution < -0.4 is 4.90 Å². The molecule has 1 saturated heterocycles. The molecule has 7 heteroatoms. The number of fused-ring (bicyclic) bond motifs is 1. The van der Waals surface area contributed by atoms with Gasteiger partial charge in [0.05, 0.1) is 0 Å². The van der Waals surface area contributed by atoms with Gasteiger partial charge in [0, 0.05) is 25.1 Å². The maximum Gasteiger partial charge on any atom is 0.354 e. The number of hydrogen-bond donors (Lipinski definition) is 1. The van der Waals surface area contributed by atoms with E-state index in [9.17, 15) is 9.90 Å². The van der Waals surface area contributed by atoms with Crippen LogP contribution in [-0.2, 0) is 0 Å². The van der Waals surface area contributed by atoms with Crippen molar-refractivity contribution in [2.45, 2.75) is 38.0 Å². The lowest BCUT2D eigenvalue weighted by atomic mass is 10.1. The molecule has 1 aliphatic heterocycles. The van der Waals surface area contributed by atoms with Gasteiger partial charge in [0.15, 0.2) is 11.5 Å². The van der Waals surface area contributed by atoms with Crippen LogP contribution in [0.4, 0.5) is 5.82 Å². The lowest BCUT2D eigenvalue weighted by Gasteiger charge is -2.28. The molecular weight excluding hydrogens is 270 g/mol. The largest absolute Gasteiger partial charge is 0.477 e. The molecule has 2 aromatic rings. The highest BCUT2D eigenvalue weighted by atomic mass is 16.4. The van der Waals surface area contributed by atoms with Crippen molar-refractivity contribution in [3.8, 4) is 0 Å². The molecule has 1 aliphatic carbocycles. The average Bonchev–Trinajstić information content (AvgIpc) is 3.26. The summed E-state index contributed by atoms with van der Waals surface area (Å²) < 4.78 is 1.71. The molecule has 2 aliphatic rings. The van der Waals surface area contributed by atoms with Crippen molar-refractivity contribution >= 4 is 17.6 Å². The Hall–Kier alpha value is -2.18. The zero-order valence-corrected chi connectivity index (χ0v) is 11.7. The van der Waals surface area contributed by atoms with Crippen molar-refractivity contribution in [2.24, 2.45) is 0 Å². The number of carboxylic acid groups (broad SMARTS) is 1. The summed E-state index contributed by atoms with van der Waals surface area (Å²) in [5.41, 5.74) is 0.0396. The van der Waals surface area contributed by atoms with Crippen LogP contribution in [0.3, 0.4) is 0 Å². The molecule has 0 spiro atoms. The van der Waals surface area contributed by atoms with Crippen LogP contribution in [-0.4, -0.2) is 43.7 Å². The first kappa shape index (κ1) is 12.6. The fourth-order valence-electron chi connectivity index (χ4n) is 2.84. The Balaban J connectivity index is 1.85. The number of anilines is 1. The van der Waals surface area contributed by atoms with E-state index in [2.05, 4.69) is 20.0 Å². The first-order valence-corrected chi connectivity index (χ1v) is 7.48. The van der Waals surface area contributed by atoms with E-state index in [1.54, 1.807) is 10.6 Å². The normalized spacial score (nSPS) is 19.1. The van der Waals surface area contributed by atoms with Gasteiger partial charge in [0.1, 0.15) is 5.82 Å². The van der Waals surface area contributed by atoms with E-state index < -0.39 is 5.97 Å². The zero-order valence-electron chi connectivity index (χ0n) is 11.7. The second-order valence-corrected chi connectivity index (χ2v) is 5.81. The first-order chi connectivity index (χ1) is 10.2. The van der Waals surface area contributed by atoms with Gasteiger partial charge in [-0.25, -0.2) is 9.78 Å². The van der Waals surface area contributed by atoms with Crippen LogP contribution in [0.2, 0.25) is 0 Å². The highest BCUT2D eigenvalue weighted by Gasteiger charge is 2.29. The molecule has 0 amide bonds. The van der Waals surface area contributed by atoms with Crippen molar-refractivity contribution in [1.29, 1.82) is 0 Å². The van der Waals surface area contributed by atoms with Crippen LogP contribution in [0.5, 0.6) is 0 Å². The van der Waals surface area contributed by atoms with E-state index in [-0.39, 0.29) is 5.69 Å². The molecule has 0 radical (unpaired) electrons. The van der Waals surface area contributed by atoms with Gasteiger partial charge in [-0.1, -0.05) is 0 Å². The molecular formula is C14H17N5O2. The monoisotopic (exact) mass is 287 g/mol. The summed E-state index contributed by atoms with van der Waals surface area (Å²) in [5.74, 6) is 1.40. The summed E-state index contributed by atoms with van der Waals surface area (Å²) in [6, 6.07) is 1.62. The van der Waals surface area contributed by atoms with Crippen molar-refractivity contribution < 1.29 is 9.90 Å². The lowest BCUT2D eigenvalue weighted by Crippen LogP contribution is -2.31. The maximum absolute atomic E-state index is 11.3. The molecule has 4 rings (SSSR count). The highest BCUT2D eigenvalue weighted by Crippen LogP contribution is 2.38. The van der Waals surface area contributed by atoms with E-state index in [1.807, 2.05) is 0 Å². The quantitative estimate of drug-likeness (QED) is 0.925. The molecule has 0 atom stereocenters. The minimum atomic E-state index is -1.02. The van der Waals surface area contributed by atoms with Crippen LogP contribution in [0.15, 0.2) is 6.07 Å². The third kappa shape index (κ3) is 2.22. The minimum Gasteiger partial charge on any atom is -0.477 e. The Morgan fingerprint density at radius 3 is 2.62 bits per heavy atom. The average molecular weight is 287 g/mol. The van der Waals surface area contributed by atoms with Crippen LogP contribution in [0, 0.1) is 0 Å². The fraction of sp³-hybridized carbons (Fsp3) is 0.571. The lowest BCUT2D eigenvalue weighted by molar-refractivity contribution is 0.0690. The molecule has 0 bridgehead atoms. The van der Waals surface area contributed by atoms with E-state index in [0.717, 1.165) is 50.4 Å². The van der Waals surface area contributed by atoms with Gasteiger partial charge < -0.3 is 10.0 Å². The van der Waals surface area contributed by atoms with Crippen LogP contribution >= 0.6 is 0 Å². The van der Waals surface area contributed by atoms with Crippen LogP contribution in [0.1, 0.15) is 54.3 Å². The predicted octanol–water partition coefficient (Wildman–Crippen LogP) is 1.69. The Kier molecular flexibility index (Phi) is 2.80. The highest BCUT2D eigenvalue weighted by molar-refractivity contribution is 5.87. The SMILES string of the molecule is O=C(O)c1cc(N2CCCCC2)n2nc(C3CC3)nc2n1. The summed E-state index contributed by atoms with van der Waals surface area (Å²) in [6.07, 6.45) is 5.69. The van der Waals surface area contributed by atoms with E-state index in [1.165, 1.54) is 6.42 Å². The Labute approximate surface area is 121 Å². The molecule has 110 valence electrons. The fourth-order valence-corrected chi connectivity index (χ4v) is 2.84. The molecule has 3 heterocycles. The second kappa shape index (κ2) is 4.68. The third-order valence-corrected chi connectivity index (χ3v) is 4.15. The van der Waals surface area contributed by atoms with Crippen molar-refractivity contribution in [3.63, 3.8) is 0 Å². The van der Waals surface area contributed by atoms with Gasteiger partial charge in [-0.05, 0) is 32.1 Å². The number of hydrogen-bond acceptors (Lipinski definition) is 5. The van der Waals surface area contributed by atoms with E-state index in [4.69, 9.17) is 0 Å². The number of carboxylic acids is 1. The van der Waals surface area contributed by atoms with Gasteiger partial charge in [-0.2, -0.15) is 9.50 Å². The molecule has 0 unspecified atom stereocenters. The molecule has 1 N–H and O–H groups in total. The Morgan fingerprint density at radius 2 is 1.95 bits per heavy atom. The summed E-state index contributed by atoms with van der Waals surface area (Å²) in [6.45, 7) is 1.85. The van der Waals surface area contributed by atoms with Crippen LogP contribution in [0.25, 0.3) is 5.78 Å². The molecule has 0 aromatic carbocycles. The number of aromatic nitrogens is 4. The van der Waals surface area contributed by atoms with Gasteiger partial charge in [-0.15, -0.1) is 5.10 Å².